The quantitative estimate of drug-likeness (QED) is 0.176. The van der Waals surface area contributed by atoms with Crippen LogP contribution in [-0.2, 0) is 0 Å². The number of rotatable bonds is 6. The van der Waals surface area contributed by atoms with E-state index in [-0.39, 0.29) is 0 Å². The number of aromatic nitrogens is 1. The van der Waals surface area contributed by atoms with Crippen molar-refractivity contribution >= 4 is 31.5 Å². The number of hydrogen-bond donors (Lipinski definition) is 0. The van der Waals surface area contributed by atoms with Crippen LogP contribution in [0.4, 0.5) is 0 Å². The van der Waals surface area contributed by atoms with Crippen LogP contribution in [0.5, 0.6) is 0 Å². The SMILES string of the molecule is c1ccc(-c2cc(-c3cccc(-c4ccc(-c5cccc(-c6cccc7c6sc6ccccc67)c5)cc4)c3)cc(-c3ccccc3)n2)cc1. The van der Waals surface area contributed by atoms with E-state index in [0.717, 1.165) is 28.1 Å². The summed E-state index contributed by atoms with van der Waals surface area (Å²) in [6.45, 7) is 0. The van der Waals surface area contributed by atoms with Crippen LogP contribution in [-0.4, -0.2) is 4.98 Å². The number of hydrogen-bond acceptors (Lipinski definition) is 2. The number of nitrogens with zero attached hydrogens (tertiary/aromatic N) is 1. The lowest BCUT2D eigenvalue weighted by atomic mass is 9.95. The van der Waals surface area contributed by atoms with Crippen molar-refractivity contribution in [3.05, 3.63) is 188 Å². The van der Waals surface area contributed by atoms with Gasteiger partial charge in [-0.2, -0.15) is 0 Å². The zero-order valence-corrected chi connectivity index (χ0v) is 27.6. The lowest BCUT2D eigenvalue weighted by molar-refractivity contribution is 1.32. The molecule has 0 spiro atoms. The highest BCUT2D eigenvalue weighted by atomic mass is 32.1. The Kier molecular flexibility index (Phi) is 7.42. The van der Waals surface area contributed by atoms with Crippen LogP contribution < -0.4 is 0 Å². The molecule has 0 unspecified atom stereocenters. The predicted molar refractivity (Wildman–Crippen MR) is 210 cm³/mol. The molecule has 2 aromatic heterocycles. The minimum Gasteiger partial charge on any atom is -0.248 e. The topological polar surface area (TPSA) is 12.9 Å². The first-order valence-corrected chi connectivity index (χ1v) is 17.4. The van der Waals surface area contributed by atoms with Gasteiger partial charge in [-0.15, -0.1) is 11.3 Å². The first-order valence-electron chi connectivity index (χ1n) is 16.6. The highest BCUT2D eigenvalue weighted by molar-refractivity contribution is 7.26. The zero-order valence-electron chi connectivity index (χ0n) is 26.8. The van der Waals surface area contributed by atoms with E-state index in [4.69, 9.17) is 4.98 Å². The van der Waals surface area contributed by atoms with Crippen LogP contribution in [0.3, 0.4) is 0 Å². The van der Waals surface area contributed by atoms with Crippen molar-refractivity contribution < 1.29 is 0 Å². The van der Waals surface area contributed by atoms with E-state index in [1.165, 1.54) is 59.1 Å². The van der Waals surface area contributed by atoms with Gasteiger partial charge in [-0.3, -0.25) is 0 Å². The zero-order chi connectivity index (χ0) is 32.6. The van der Waals surface area contributed by atoms with Crippen LogP contribution in [0, 0.1) is 0 Å². The van der Waals surface area contributed by atoms with Crippen molar-refractivity contribution in [3.8, 4) is 67.0 Å². The van der Waals surface area contributed by atoms with Gasteiger partial charge in [0.25, 0.3) is 0 Å². The molecule has 0 aliphatic heterocycles. The molecular formula is C47H31NS. The normalized spacial score (nSPS) is 11.3. The standard InChI is InChI=1S/C47H31NS/c1-3-12-34(13-4-1)44-30-40(31-45(48-44)35-14-5-2-6-15-35)38-18-9-16-36(28-38)32-24-26-33(27-25-32)37-17-10-19-39(29-37)41-21-11-22-43-42-20-7-8-23-46(42)49-47(41)43/h1-31H. The summed E-state index contributed by atoms with van der Waals surface area (Å²) in [5.74, 6) is 0. The maximum atomic E-state index is 5.07. The Morgan fingerprint density at radius 3 is 1.41 bits per heavy atom. The molecule has 2 heterocycles. The molecule has 1 nitrogen and oxygen atoms in total. The second kappa shape index (κ2) is 12.5. The Morgan fingerprint density at radius 1 is 0.306 bits per heavy atom. The molecule has 0 radical (unpaired) electrons. The summed E-state index contributed by atoms with van der Waals surface area (Å²) >= 11 is 1.88. The maximum absolute atomic E-state index is 5.07. The molecule has 230 valence electrons. The Balaban J connectivity index is 1.05. The number of fused-ring (bicyclic) bond motifs is 3. The van der Waals surface area contributed by atoms with Gasteiger partial charge < -0.3 is 0 Å². The van der Waals surface area contributed by atoms with E-state index in [0.29, 0.717) is 0 Å². The lowest BCUT2D eigenvalue weighted by Crippen LogP contribution is -1.91. The molecule has 0 N–H and O–H groups in total. The van der Waals surface area contributed by atoms with Crippen LogP contribution >= 0.6 is 11.3 Å². The predicted octanol–water partition coefficient (Wildman–Crippen LogP) is 13.5. The van der Waals surface area contributed by atoms with Gasteiger partial charge in [-0.1, -0.05) is 158 Å². The molecule has 0 saturated heterocycles. The molecule has 0 fully saturated rings. The first kappa shape index (κ1) is 29.1. The van der Waals surface area contributed by atoms with Crippen molar-refractivity contribution in [2.24, 2.45) is 0 Å². The summed E-state index contributed by atoms with van der Waals surface area (Å²) in [7, 11) is 0. The molecule has 9 rings (SSSR count). The van der Waals surface area contributed by atoms with Crippen LogP contribution in [0.15, 0.2) is 188 Å². The van der Waals surface area contributed by atoms with E-state index < -0.39 is 0 Å². The summed E-state index contributed by atoms with van der Waals surface area (Å²) < 4.78 is 2.68. The van der Waals surface area contributed by atoms with Crippen LogP contribution in [0.25, 0.3) is 87.2 Å². The second-order valence-corrected chi connectivity index (χ2v) is 13.4. The lowest BCUT2D eigenvalue weighted by Gasteiger charge is -2.12. The summed E-state index contributed by atoms with van der Waals surface area (Å²) in [6.07, 6.45) is 0. The molecule has 7 aromatic carbocycles. The molecule has 2 heteroatoms. The van der Waals surface area contributed by atoms with Gasteiger partial charge in [-0.05, 0) is 74.8 Å². The fourth-order valence-electron chi connectivity index (χ4n) is 6.79. The minimum absolute atomic E-state index is 0.970. The van der Waals surface area contributed by atoms with Gasteiger partial charge in [0.2, 0.25) is 0 Å². The Hall–Kier alpha value is -6.09. The average molecular weight is 642 g/mol. The third-order valence-electron chi connectivity index (χ3n) is 9.29. The van der Waals surface area contributed by atoms with E-state index in [9.17, 15) is 0 Å². The molecular weight excluding hydrogens is 611 g/mol. The van der Waals surface area contributed by atoms with Gasteiger partial charge in [0.1, 0.15) is 0 Å². The molecule has 9 aromatic rings. The Labute approximate surface area is 290 Å². The second-order valence-electron chi connectivity index (χ2n) is 12.4. The fourth-order valence-corrected chi connectivity index (χ4v) is 8.02. The molecule has 0 aliphatic rings. The average Bonchev–Trinajstić information content (AvgIpc) is 3.58. The summed E-state index contributed by atoms with van der Waals surface area (Å²) in [5.41, 5.74) is 13.8. The number of benzene rings is 7. The molecule has 0 saturated carbocycles. The molecule has 0 amide bonds. The third-order valence-corrected chi connectivity index (χ3v) is 10.5. The molecule has 0 atom stereocenters. The van der Waals surface area contributed by atoms with Gasteiger partial charge in [0.15, 0.2) is 0 Å². The van der Waals surface area contributed by atoms with Gasteiger partial charge in [-0.25, -0.2) is 4.98 Å². The van der Waals surface area contributed by atoms with Crippen LogP contribution in [0.1, 0.15) is 0 Å². The fraction of sp³-hybridized carbons (Fsp3) is 0. The van der Waals surface area contributed by atoms with Gasteiger partial charge in [0.05, 0.1) is 11.4 Å². The third kappa shape index (κ3) is 5.63. The molecule has 0 aliphatic carbocycles. The molecule has 49 heavy (non-hydrogen) atoms. The highest BCUT2D eigenvalue weighted by Crippen LogP contribution is 2.41. The van der Waals surface area contributed by atoms with E-state index in [1.54, 1.807) is 0 Å². The van der Waals surface area contributed by atoms with Gasteiger partial charge in [0, 0.05) is 31.3 Å². The Morgan fingerprint density at radius 2 is 0.776 bits per heavy atom. The maximum Gasteiger partial charge on any atom is 0.0715 e. The monoisotopic (exact) mass is 641 g/mol. The number of thiophene rings is 1. The van der Waals surface area contributed by atoms with Crippen LogP contribution in [0.2, 0.25) is 0 Å². The summed E-state index contributed by atoms with van der Waals surface area (Å²) in [6, 6.07) is 67.4. The van der Waals surface area contributed by atoms with E-state index >= 15 is 0 Å². The Bertz CT molecular complexity index is 2520. The highest BCUT2D eigenvalue weighted by Gasteiger charge is 2.12. The summed E-state index contributed by atoms with van der Waals surface area (Å²) in [5, 5.41) is 2.66. The number of pyridine rings is 1. The summed E-state index contributed by atoms with van der Waals surface area (Å²) in [4.78, 5) is 5.07. The van der Waals surface area contributed by atoms with Crippen molar-refractivity contribution in [2.75, 3.05) is 0 Å². The van der Waals surface area contributed by atoms with E-state index in [1.807, 2.05) is 23.5 Å². The van der Waals surface area contributed by atoms with Crippen molar-refractivity contribution in [1.82, 2.24) is 4.98 Å². The van der Waals surface area contributed by atoms with Crippen molar-refractivity contribution in [2.45, 2.75) is 0 Å². The van der Waals surface area contributed by atoms with Crippen molar-refractivity contribution in [1.29, 1.82) is 0 Å². The minimum atomic E-state index is 0.970. The largest absolute Gasteiger partial charge is 0.248 e. The molecule has 0 bridgehead atoms. The van der Waals surface area contributed by atoms with Crippen molar-refractivity contribution in [3.63, 3.8) is 0 Å². The van der Waals surface area contributed by atoms with E-state index in [2.05, 4.69) is 176 Å². The first-order chi connectivity index (χ1) is 24.3. The van der Waals surface area contributed by atoms with Gasteiger partial charge >= 0.3 is 0 Å². The smallest absolute Gasteiger partial charge is 0.0715 e.